The lowest BCUT2D eigenvalue weighted by Crippen LogP contribution is -2.48. The highest BCUT2D eigenvalue weighted by Gasteiger charge is 2.32. The SMILES string of the molecule is CC(=O)N(CCc1ncc(C(F)(F)F)cc1Cl)C1CCN(C(=O)c2ccccc2)CC1. The fraction of sp³-hybridized carbons (Fsp3) is 0.409. The molecule has 0 N–H and O–H groups in total. The molecule has 0 radical (unpaired) electrons. The van der Waals surface area contributed by atoms with Crippen molar-refractivity contribution < 1.29 is 22.8 Å². The van der Waals surface area contributed by atoms with Gasteiger partial charge in [0, 0.05) is 50.8 Å². The van der Waals surface area contributed by atoms with E-state index < -0.39 is 11.7 Å². The summed E-state index contributed by atoms with van der Waals surface area (Å²) in [6, 6.07) is 9.84. The summed E-state index contributed by atoms with van der Waals surface area (Å²) in [7, 11) is 0. The normalized spacial score (nSPS) is 15.1. The van der Waals surface area contributed by atoms with Gasteiger partial charge in [0.1, 0.15) is 0 Å². The van der Waals surface area contributed by atoms with Crippen LogP contribution in [0.3, 0.4) is 0 Å². The van der Waals surface area contributed by atoms with E-state index in [9.17, 15) is 22.8 Å². The summed E-state index contributed by atoms with van der Waals surface area (Å²) in [6.45, 7) is 2.82. The number of carbonyl (C=O) groups excluding carboxylic acids is 2. The number of rotatable bonds is 5. The Hall–Kier alpha value is -2.61. The Bertz CT molecular complexity index is 929. The standard InChI is InChI=1S/C22H23ClF3N3O2/c1-15(30)29(12-9-20-19(23)13-17(14-27-20)22(24,25)26)18-7-10-28(11-8-18)21(31)16-5-3-2-4-6-16/h2-6,13-14,18H,7-12H2,1H3. The monoisotopic (exact) mass is 453 g/mol. The maximum Gasteiger partial charge on any atom is 0.417 e. The first kappa shape index (κ1) is 23.1. The van der Waals surface area contributed by atoms with Crippen LogP contribution in [-0.2, 0) is 17.4 Å². The molecule has 1 fully saturated rings. The Balaban J connectivity index is 1.60. The van der Waals surface area contributed by atoms with Crippen molar-refractivity contribution in [2.45, 2.75) is 38.4 Å². The molecule has 0 aliphatic carbocycles. The van der Waals surface area contributed by atoms with Crippen molar-refractivity contribution in [3.05, 3.63) is 64.4 Å². The van der Waals surface area contributed by atoms with E-state index in [0.29, 0.717) is 43.7 Å². The third-order valence-corrected chi connectivity index (χ3v) is 5.78. The quantitative estimate of drug-likeness (QED) is 0.672. The number of carbonyl (C=O) groups is 2. The second-order valence-corrected chi connectivity index (χ2v) is 7.91. The minimum absolute atomic E-state index is 0.0332. The van der Waals surface area contributed by atoms with Gasteiger partial charge < -0.3 is 9.80 Å². The van der Waals surface area contributed by atoms with Crippen molar-refractivity contribution in [2.24, 2.45) is 0 Å². The van der Waals surface area contributed by atoms with Crippen LogP contribution in [0.2, 0.25) is 5.02 Å². The van der Waals surface area contributed by atoms with Gasteiger partial charge in [0.15, 0.2) is 0 Å². The molecular formula is C22H23ClF3N3O2. The number of amides is 2. The summed E-state index contributed by atoms with van der Waals surface area (Å²) in [5.41, 5.74) is 0.0464. The van der Waals surface area contributed by atoms with Gasteiger partial charge in [-0.15, -0.1) is 0 Å². The van der Waals surface area contributed by atoms with E-state index in [4.69, 9.17) is 11.6 Å². The number of piperidine rings is 1. The highest BCUT2D eigenvalue weighted by atomic mass is 35.5. The van der Waals surface area contributed by atoms with Gasteiger partial charge in [-0.1, -0.05) is 29.8 Å². The fourth-order valence-electron chi connectivity index (χ4n) is 3.77. The zero-order chi connectivity index (χ0) is 22.6. The summed E-state index contributed by atoms with van der Waals surface area (Å²) >= 11 is 5.99. The Labute approximate surface area is 183 Å². The van der Waals surface area contributed by atoms with E-state index in [2.05, 4.69) is 4.98 Å². The molecular weight excluding hydrogens is 431 g/mol. The molecule has 1 aromatic carbocycles. The molecule has 2 heterocycles. The molecule has 5 nitrogen and oxygen atoms in total. The van der Waals surface area contributed by atoms with Gasteiger partial charge in [-0.25, -0.2) is 0 Å². The number of hydrogen-bond donors (Lipinski definition) is 0. The lowest BCUT2D eigenvalue weighted by atomic mass is 10.0. The maximum absolute atomic E-state index is 12.8. The molecule has 0 spiro atoms. The third kappa shape index (κ3) is 5.76. The number of benzene rings is 1. The van der Waals surface area contributed by atoms with Crippen molar-refractivity contribution in [3.63, 3.8) is 0 Å². The van der Waals surface area contributed by atoms with Crippen LogP contribution in [0.5, 0.6) is 0 Å². The summed E-state index contributed by atoms with van der Waals surface area (Å²) in [5, 5.41) is -0.0680. The van der Waals surface area contributed by atoms with Crippen LogP contribution in [0.1, 0.15) is 41.4 Å². The van der Waals surface area contributed by atoms with E-state index in [1.54, 1.807) is 21.9 Å². The van der Waals surface area contributed by atoms with Gasteiger partial charge in [0.25, 0.3) is 5.91 Å². The van der Waals surface area contributed by atoms with Gasteiger partial charge in [-0.3, -0.25) is 14.6 Å². The number of likely N-dealkylation sites (tertiary alicyclic amines) is 1. The molecule has 0 bridgehead atoms. The van der Waals surface area contributed by atoms with Gasteiger partial charge in [0.2, 0.25) is 5.91 Å². The van der Waals surface area contributed by atoms with E-state index in [-0.39, 0.29) is 29.3 Å². The van der Waals surface area contributed by atoms with Crippen molar-refractivity contribution >= 4 is 23.4 Å². The number of alkyl halides is 3. The molecule has 1 aliphatic heterocycles. The number of pyridine rings is 1. The zero-order valence-electron chi connectivity index (χ0n) is 17.0. The number of nitrogens with zero attached hydrogens (tertiary/aromatic N) is 3. The van der Waals surface area contributed by atoms with Crippen LogP contribution in [0.4, 0.5) is 13.2 Å². The first-order valence-corrected chi connectivity index (χ1v) is 10.4. The van der Waals surface area contributed by atoms with E-state index in [0.717, 1.165) is 12.3 Å². The Morgan fingerprint density at radius 2 is 1.84 bits per heavy atom. The molecule has 0 saturated carbocycles. The zero-order valence-corrected chi connectivity index (χ0v) is 17.8. The molecule has 9 heteroatoms. The Morgan fingerprint density at radius 3 is 2.39 bits per heavy atom. The molecule has 2 amide bonds. The minimum atomic E-state index is -4.51. The topological polar surface area (TPSA) is 53.5 Å². The Kier molecular flexibility index (Phi) is 7.20. The van der Waals surface area contributed by atoms with Gasteiger partial charge in [-0.2, -0.15) is 13.2 Å². The molecule has 2 aromatic rings. The average molecular weight is 454 g/mol. The van der Waals surface area contributed by atoms with Crippen molar-refractivity contribution in [2.75, 3.05) is 19.6 Å². The van der Waals surface area contributed by atoms with Crippen molar-refractivity contribution in [3.8, 4) is 0 Å². The minimum Gasteiger partial charge on any atom is -0.339 e. The maximum atomic E-state index is 12.8. The molecule has 166 valence electrons. The van der Waals surface area contributed by atoms with Crippen LogP contribution >= 0.6 is 11.6 Å². The predicted molar refractivity (Wildman–Crippen MR) is 111 cm³/mol. The van der Waals surface area contributed by atoms with Crippen LogP contribution < -0.4 is 0 Å². The molecule has 1 saturated heterocycles. The van der Waals surface area contributed by atoms with Crippen molar-refractivity contribution in [1.29, 1.82) is 0 Å². The summed E-state index contributed by atoms with van der Waals surface area (Å²) in [4.78, 5) is 32.1. The lowest BCUT2D eigenvalue weighted by molar-refractivity contribution is -0.137. The molecule has 3 rings (SSSR count). The average Bonchev–Trinajstić information content (AvgIpc) is 2.74. The number of halogens is 4. The fourth-order valence-corrected chi connectivity index (χ4v) is 4.03. The van der Waals surface area contributed by atoms with E-state index in [1.807, 2.05) is 18.2 Å². The van der Waals surface area contributed by atoms with Crippen LogP contribution in [-0.4, -0.2) is 52.3 Å². The molecule has 1 aromatic heterocycles. The highest BCUT2D eigenvalue weighted by molar-refractivity contribution is 6.31. The van der Waals surface area contributed by atoms with Crippen LogP contribution in [0.15, 0.2) is 42.6 Å². The van der Waals surface area contributed by atoms with Gasteiger partial charge in [-0.05, 0) is 31.0 Å². The molecule has 0 unspecified atom stereocenters. The first-order chi connectivity index (χ1) is 14.7. The molecule has 1 aliphatic rings. The molecule has 31 heavy (non-hydrogen) atoms. The largest absolute Gasteiger partial charge is 0.417 e. The third-order valence-electron chi connectivity index (χ3n) is 5.45. The smallest absolute Gasteiger partial charge is 0.339 e. The second kappa shape index (κ2) is 9.68. The second-order valence-electron chi connectivity index (χ2n) is 7.50. The van der Waals surface area contributed by atoms with E-state index in [1.165, 1.54) is 6.92 Å². The first-order valence-electron chi connectivity index (χ1n) is 10.00. The van der Waals surface area contributed by atoms with Gasteiger partial charge >= 0.3 is 6.18 Å². The summed E-state index contributed by atoms with van der Waals surface area (Å²) in [5.74, 6) is -0.162. The van der Waals surface area contributed by atoms with Crippen LogP contribution in [0, 0.1) is 0 Å². The number of hydrogen-bond acceptors (Lipinski definition) is 3. The number of aromatic nitrogens is 1. The summed E-state index contributed by atoms with van der Waals surface area (Å²) in [6.07, 6.45) is -2.24. The molecule has 0 atom stereocenters. The summed E-state index contributed by atoms with van der Waals surface area (Å²) < 4.78 is 38.3. The van der Waals surface area contributed by atoms with E-state index >= 15 is 0 Å². The highest BCUT2D eigenvalue weighted by Crippen LogP contribution is 2.31. The van der Waals surface area contributed by atoms with Crippen LogP contribution in [0.25, 0.3) is 0 Å². The Morgan fingerprint density at radius 1 is 1.19 bits per heavy atom. The lowest BCUT2D eigenvalue weighted by Gasteiger charge is -2.38. The van der Waals surface area contributed by atoms with Gasteiger partial charge in [0.05, 0.1) is 16.3 Å². The predicted octanol–water partition coefficient (Wildman–Crippen LogP) is 4.45. The van der Waals surface area contributed by atoms with Crippen molar-refractivity contribution in [1.82, 2.24) is 14.8 Å².